The number of hydrogen-bond donors (Lipinski definition) is 1. The van der Waals surface area contributed by atoms with Crippen LogP contribution in [0.15, 0.2) is 88.7 Å². The van der Waals surface area contributed by atoms with E-state index in [9.17, 15) is 21.6 Å². The standard InChI is InChI=1S/C24H25N3O5S2/c1-19-7-13-23(14-8-19)34(31,32)27-17-15-26(16-18-27)24(28)20-9-11-21(12-10-20)25-33(29,30)22-5-3-2-4-6-22/h2-14,25H,15-18H2,1H3. The van der Waals surface area contributed by atoms with Crippen LogP contribution >= 0.6 is 0 Å². The number of anilines is 1. The first kappa shape index (κ1) is 23.9. The molecular weight excluding hydrogens is 474 g/mol. The Bertz CT molecular complexity index is 1360. The molecule has 1 amide bonds. The average Bonchev–Trinajstić information content (AvgIpc) is 2.85. The number of amides is 1. The largest absolute Gasteiger partial charge is 0.336 e. The maximum atomic E-state index is 12.9. The van der Waals surface area contributed by atoms with Gasteiger partial charge in [0.1, 0.15) is 0 Å². The molecule has 3 aromatic rings. The third-order valence-electron chi connectivity index (χ3n) is 5.62. The molecule has 1 aliphatic rings. The molecule has 0 bridgehead atoms. The average molecular weight is 500 g/mol. The van der Waals surface area contributed by atoms with E-state index >= 15 is 0 Å². The van der Waals surface area contributed by atoms with Crippen LogP contribution in [0.3, 0.4) is 0 Å². The number of nitrogens with one attached hydrogen (secondary N) is 1. The highest BCUT2D eigenvalue weighted by molar-refractivity contribution is 7.92. The number of hydrogen-bond acceptors (Lipinski definition) is 5. The van der Waals surface area contributed by atoms with Gasteiger partial charge in [-0.1, -0.05) is 35.9 Å². The number of sulfonamides is 2. The first-order valence-corrected chi connectivity index (χ1v) is 13.6. The molecular formula is C24H25N3O5S2. The number of carbonyl (C=O) groups is 1. The van der Waals surface area contributed by atoms with Crippen molar-refractivity contribution in [1.29, 1.82) is 0 Å². The molecule has 1 aliphatic heterocycles. The molecule has 0 aliphatic carbocycles. The Morgan fingerprint density at radius 3 is 1.91 bits per heavy atom. The quantitative estimate of drug-likeness (QED) is 0.562. The van der Waals surface area contributed by atoms with Crippen LogP contribution in [0.4, 0.5) is 5.69 Å². The fraction of sp³-hybridized carbons (Fsp3) is 0.208. The number of aryl methyl sites for hydroxylation is 1. The van der Waals surface area contributed by atoms with Gasteiger partial charge in [0.05, 0.1) is 9.79 Å². The molecule has 1 heterocycles. The van der Waals surface area contributed by atoms with Crippen LogP contribution in [0, 0.1) is 6.92 Å². The Morgan fingerprint density at radius 2 is 1.32 bits per heavy atom. The minimum Gasteiger partial charge on any atom is -0.336 e. The third-order valence-corrected chi connectivity index (χ3v) is 8.93. The predicted molar refractivity (Wildman–Crippen MR) is 130 cm³/mol. The second-order valence-electron chi connectivity index (χ2n) is 8.01. The van der Waals surface area contributed by atoms with Crippen molar-refractivity contribution in [3.05, 3.63) is 90.0 Å². The lowest BCUT2D eigenvalue weighted by molar-refractivity contribution is 0.0698. The summed E-state index contributed by atoms with van der Waals surface area (Å²) in [4.78, 5) is 14.9. The van der Waals surface area contributed by atoms with E-state index in [0.717, 1.165) is 5.56 Å². The zero-order valence-corrected chi connectivity index (χ0v) is 20.2. The van der Waals surface area contributed by atoms with Gasteiger partial charge in [-0.05, 0) is 55.5 Å². The fourth-order valence-electron chi connectivity index (χ4n) is 3.67. The lowest BCUT2D eigenvalue weighted by atomic mass is 10.1. The van der Waals surface area contributed by atoms with E-state index in [0.29, 0.717) is 11.3 Å². The number of benzene rings is 3. The van der Waals surface area contributed by atoms with Crippen molar-refractivity contribution in [3.8, 4) is 0 Å². The smallest absolute Gasteiger partial charge is 0.261 e. The van der Waals surface area contributed by atoms with Crippen molar-refractivity contribution in [2.75, 3.05) is 30.9 Å². The van der Waals surface area contributed by atoms with Gasteiger partial charge in [-0.3, -0.25) is 9.52 Å². The van der Waals surface area contributed by atoms with Crippen LogP contribution in [0.2, 0.25) is 0 Å². The van der Waals surface area contributed by atoms with Gasteiger partial charge >= 0.3 is 0 Å². The Balaban J connectivity index is 1.38. The minimum atomic E-state index is -3.72. The summed E-state index contributed by atoms with van der Waals surface area (Å²) >= 11 is 0. The summed E-state index contributed by atoms with van der Waals surface area (Å²) in [6.45, 7) is 2.85. The molecule has 1 fully saturated rings. The summed E-state index contributed by atoms with van der Waals surface area (Å²) in [7, 11) is -7.33. The molecule has 0 radical (unpaired) electrons. The van der Waals surface area contributed by atoms with Gasteiger partial charge < -0.3 is 4.90 Å². The van der Waals surface area contributed by atoms with Crippen LogP contribution in [0.5, 0.6) is 0 Å². The zero-order chi connectivity index (χ0) is 24.3. The van der Waals surface area contributed by atoms with Crippen LogP contribution < -0.4 is 4.72 Å². The Kier molecular flexibility index (Phi) is 6.74. The van der Waals surface area contributed by atoms with E-state index in [-0.39, 0.29) is 41.9 Å². The molecule has 1 saturated heterocycles. The van der Waals surface area contributed by atoms with E-state index in [1.165, 1.54) is 28.6 Å². The van der Waals surface area contributed by atoms with Crippen LogP contribution in [0.25, 0.3) is 0 Å². The van der Waals surface area contributed by atoms with Crippen molar-refractivity contribution in [2.45, 2.75) is 16.7 Å². The summed E-state index contributed by atoms with van der Waals surface area (Å²) in [6.07, 6.45) is 0. The molecule has 8 nitrogen and oxygen atoms in total. The van der Waals surface area contributed by atoms with E-state index in [2.05, 4.69) is 4.72 Å². The number of rotatable bonds is 6. The van der Waals surface area contributed by atoms with Crippen LogP contribution in [0.1, 0.15) is 15.9 Å². The van der Waals surface area contributed by atoms with Crippen molar-refractivity contribution in [1.82, 2.24) is 9.21 Å². The van der Waals surface area contributed by atoms with E-state index in [1.807, 2.05) is 6.92 Å². The van der Waals surface area contributed by atoms with E-state index in [4.69, 9.17) is 0 Å². The minimum absolute atomic E-state index is 0.147. The lowest BCUT2D eigenvalue weighted by Gasteiger charge is -2.34. The molecule has 178 valence electrons. The second kappa shape index (κ2) is 9.57. The first-order chi connectivity index (χ1) is 16.2. The highest BCUT2D eigenvalue weighted by atomic mass is 32.2. The Hall–Kier alpha value is -3.21. The van der Waals surface area contributed by atoms with Gasteiger partial charge in [0, 0.05) is 37.4 Å². The zero-order valence-electron chi connectivity index (χ0n) is 18.6. The molecule has 0 unspecified atom stereocenters. The molecule has 1 N–H and O–H groups in total. The fourth-order valence-corrected chi connectivity index (χ4v) is 6.17. The summed E-state index contributed by atoms with van der Waals surface area (Å²) in [5, 5.41) is 0. The summed E-state index contributed by atoms with van der Waals surface area (Å²) < 4.78 is 54.5. The molecule has 0 saturated carbocycles. The Labute approximate surface area is 199 Å². The van der Waals surface area contributed by atoms with Gasteiger partial charge in [0.15, 0.2) is 0 Å². The summed E-state index contributed by atoms with van der Waals surface area (Å²) in [5.74, 6) is -0.232. The SMILES string of the molecule is Cc1ccc(S(=O)(=O)N2CCN(C(=O)c3ccc(NS(=O)(=O)c4ccccc4)cc3)CC2)cc1. The summed E-state index contributed by atoms with van der Waals surface area (Å²) in [6, 6.07) is 20.9. The lowest BCUT2D eigenvalue weighted by Crippen LogP contribution is -2.50. The van der Waals surface area contributed by atoms with Crippen molar-refractivity contribution < 1.29 is 21.6 Å². The van der Waals surface area contributed by atoms with Gasteiger partial charge in [-0.15, -0.1) is 0 Å². The van der Waals surface area contributed by atoms with Gasteiger partial charge in [-0.2, -0.15) is 4.31 Å². The highest BCUT2D eigenvalue weighted by Crippen LogP contribution is 2.20. The van der Waals surface area contributed by atoms with Gasteiger partial charge in [0.2, 0.25) is 10.0 Å². The highest BCUT2D eigenvalue weighted by Gasteiger charge is 2.30. The van der Waals surface area contributed by atoms with Crippen molar-refractivity contribution in [2.24, 2.45) is 0 Å². The van der Waals surface area contributed by atoms with E-state index < -0.39 is 20.0 Å². The number of carbonyl (C=O) groups excluding carboxylic acids is 1. The number of nitrogens with zero attached hydrogens (tertiary/aromatic N) is 2. The number of piperazine rings is 1. The third kappa shape index (κ3) is 5.14. The maximum Gasteiger partial charge on any atom is 0.261 e. The normalized spacial score (nSPS) is 15.1. The first-order valence-electron chi connectivity index (χ1n) is 10.7. The molecule has 0 atom stereocenters. The van der Waals surface area contributed by atoms with Crippen LogP contribution in [-0.2, 0) is 20.0 Å². The molecule has 0 spiro atoms. The molecule has 10 heteroatoms. The van der Waals surface area contributed by atoms with Crippen LogP contribution in [-0.4, -0.2) is 58.1 Å². The monoisotopic (exact) mass is 499 g/mol. The molecule has 4 rings (SSSR count). The molecule has 3 aromatic carbocycles. The molecule has 0 aromatic heterocycles. The predicted octanol–water partition coefficient (Wildman–Crippen LogP) is 2.94. The van der Waals surface area contributed by atoms with Gasteiger partial charge in [0.25, 0.3) is 15.9 Å². The Morgan fingerprint density at radius 1 is 0.735 bits per heavy atom. The van der Waals surface area contributed by atoms with E-state index in [1.54, 1.807) is 59.5 Å². The topological polar surface area (TPSA) is 104 Å². The van der Waals surface area contributed by atoms with Crippen molar-refractivity contribution in [3.63, 3.8) is 0 Å². The molecule has 34 heavy (non-hydrogen) atoms. The van der Waals surface area contributed by atoms with Crippen molar-refractivity contribution >= 4 is 31.6 Å². The maximum absolute atomic E-state index is 12.9. The van der Waals surface area contributed by atoms with Gasteiger partial charge in [-0.25, -0.2) is 16.8 Å². The summed E-state index contributed by atoms with van der Waals surface area (Å²) in [5.41, 5.74) is 1.72. The second-order valence-corrected chi connectivity index (χ2v) is 11.6.